The topological polar surface area (TPSA) is 38.3 Å². The third kappa shape index (κ3) is 5.10. The molecule has 0 fully saturated rings. The molecule has 3 aromatic carbocycles. The fourth-order valence-corrected chi connectivity index (χ4v) is 2.59. The molecule has 0 heterocycles. The Kier molecular flexibility index (Phi) is 5.70. The van der Waals surface area contributed by atoms with Gasteiger partial charge in [-0.3, -0.25) is 4.79 Å². The molecule has 0 bridgehead atoms. The first-order valence-electron chi connectivity index (χ1n) is 8.07. The first kappa shape index (κ1) is 17.1. The van der Waals surface area contributed by atoms with Gasteiger partial charge in [-0.1, -0.05) is 60.1 Å². The van der Waals surface area contributed by atoms with Crippen molar-refractivity contribution in [2.45, 2.75) is 12.8 Å². The Labute approximate surface area is 152 Å². The highest BCUT2D eigenvalue weighted by Crippen LogP contribution is 2.32. The van der Waals surface area contributed by atoms with Crippen LogP contribution in [0.3, 0.4) is 0 Å². The Bertz CT molecular complexity index is 835. The summed E-state index contributed by atoms with van der Waals surface area (Å²) >= 11 is 6.07. The number of amides is 1. The number of carbonyl (C=O) groups excluding carboxylic acids is 1. The number of nitrogens with one attached hydrogen (secondary N) is 1. The zero-order valence-electron chi connectivity index (χ0n) is 13.6. The summed E-state index contributed by atoms with van der Waals surface area (Å²) in [7, 11) is 0. The van der Waals surface area contributed by atoms with Crippen molar-refractivity contribution in [2.75, 3.05) is 5.32 Å². The van der Waals surface area contributed by atoms with E-state index in [1.165, 1.54) is 0 Å². The molecule has 25 heavy (non-hydrogen) atoms. The highest BCUT2D eigenvalue weighted by Gasteiger charge is 2.10. The molecule has 3 nitrogen and oxygen atoms in total. The summed E-state index contributed by atoms with van der Waals surface area (Å²) in [5, 5.41) is 3.43. The van der Waals surface area contributed by atoms with E-state index in [4.69, 9.17) is 16.3 Å². The number of halogens is 1. The van der Waals surface area contributed by atoms with Crippen LogP contribution in [0, 0.1) is 0 Å². The van der Waals surface area contributed by atoms with Crippen molar-refractivity contribution in [1.82, 2.24) is 0 Å². The van der Waals surface area contributed by atoms with Gasteiger partial charge in [0.1, 0.15) is 5.75 Å². The van der Waals surface area contributed by atoms with Gasteiger partial charge in [-0.15, -0.1) is 0 Å². The van der Waals surface area contributed by atoms with E-state index in [0.717, 1.165) is 5.56 Å². The van der Waals surface area contributed by atoms with Gasteiger partial charge in [0.05, 0.1) is 5.69 Å². The lowest BCUT2D eigenvalue weighted by atomic mass is 10.1. The van der Waals surface area contributed by atoms with Crippen molar-refractivity contribution in [2.24, 2.45) is 0 Å². The van der Waals surface area contributed by atoms with Crippen LogP contribution in [0.1, 0.15) is 12.0 Å². The zero-order valence-corrected chi connectivity index (χ0v) is 14.4. The van der Waals surface area contributed by atoms with E-state index >= 15 is 0 Å². The summed E-state index contributed by atoms with van der Waals surface area (Å²) in [6.45, 7) is 0. The molecular formula is C21H18ClNO2. The second kappa shape index (κ2) is 8.36. The second-order valence-electron chi connectivity index (χ2n) is 5.59. The molecule has 0 spiro atoms. The van der Waals surface area contributed by atoms with Crippen LogP contribution < -0.4 is 10.1 Å². The van der Waals surface area contributed by atoms with E-state index < -0.39 is 0 Å². The Balaban J connectivity index is 1.68. The molecular weight excluding hydrogens is 334 g/mol. The molecule has 126 valence electrons. The molecule has 0 unspecified atom stereocenters. The van der Waals surface area contributed by atoms with Gasteiger partial charge < -0.3 is 10.1 Å². The minimum Gasteiger partial charge on any atom is -0.455 e. The van der Waals surface area contributed by atoms with Crippen molar-refractivity contribution in [3.63, 3.8) is 0 Å². The first-order valence-corrected chi connectivity index (χ1v) is 8.45. The molecule has 0 aromatic heterocycles. The lowest BCUT2D eigenvalue weighted by molar-refractivity contribution is -0.116. The standard InChI is InChI=1S/C21H18ClNO2/c22-17-12-13-20(25-18-9-5-2-6-10-18)19(15-17)23-21(24)14-11-16-7-3-1-4-8-16/h1-10,12-13,15H,11,14H2,(H,23,24). The predicted molar refractivity (Wildman–Crippen MR) is 101 cm³/mol. The normalized spacial score (nSPS) is 10.3. The third-order valence-electron chi connectivity index (χ3n) is 3.67. The molecule has 1 amide bonds. The van der Waals surface area contributed by atoms with Gasteiger partial charge in [0.15, 0.2) is 5.75 Å². The number of carbonyl (C=O) groups is 1. The fourth-order valence-electron chi connectivity index (χ4n) is 2.42. The highest BCUT2D eigenvalue weighted by atomic mass is 35.5. The summed E-state index contributed by atoms with van der Waals surface area (Å²) in [5.74, 6) is 1.18. The first-order chi connectivity index (χ1) is 12.2. The SMILES string of the molecule is O=C(CCc1ccccc1)Nc1cc(Cl)ccc1Oc1ccccc1. The average molecular weight is 352 g/mol. The van der Waals surface area contributed by atoms with Crippen LogP contribution in [0.15, 0.2) is 78.9 Å². The van der Waals surface area contributed by atoms with Crippen LogP contribution in [0.25, 0.3) is 0 Å². The van der Waals surface area contributed by atoms with E-state index in [0.29, 0.717) is 35.1 Å². The highest BCUT2D eigenvalue weighted by molar-refractivity contribution is 6.31. The largest absolute Gasteiger partial charge is 0.455 e. The molecule has 0 atom stereocenters. The summed E-state index contributed by atoms with van der Waals surface area (Å²) in [4.78, 5) is 12.3. The van der Waals surface area contributed by atoms with Gasteiger partial charge in [-0.05, 0) is 42.3 Å². The summed E-state index contributed by atoms with van der Waals surface area (Å²) < 4.78 is 5.85. The number of hydrogen-bond donors (Lipinski definition) is 1. The Morgan fingerprint density at radius 2 is 1.60 bits per heavy atom. The fraction of sp³-hybridized carbons (Fsp3) is 0.0952. The van der Waals surface area contributed by atoms with Crippen molar-refractivity contribution in [3.05, 3.63) is 89.4 Å². The smallest absolute Gasteiger partial charge is 0.224 e. The molecule has 0 aliphatic carbocycles. The quantitative estimate of drug-likeness (QED) is 0.618. The van der Waals surface area contributed by atoms with Gasteiger partial charge in [0, 0.05) is 11.4 Å². The molecule has 0 aliphatic heterocycles. The lowest BCUT2D eigenvalue weighted by Crippen LogP contribution is -2.13. The lowest BCUT2D eigenvalue weighted by Gasteiger charge is -2.13. The van der Waals surface area contributed by atoms with Crippen LogP contribution in [-0.4, -0.2) is 5.91 Å². The maximum atomic E-state index is 12.3. The number of rotatable bonds is 6. The molecule has 1 N–H and O–H groups in total. The number of anilines is 1. The summed E-state index contributed by atoms with van der Waals surface area (Å²) in [5.41, 5.74) is 1.69. The van der Waals surface area contributed by atoms with E-state index in [1.807, 2.05) is 60.7 Å². The molecule has 4 heteroatoms. The van der Waals surface area contributed by atoms with Gasteiger partial charge in [-0.25, -0.2) is 0 Å². The minimum absolute atomic E-state index is 0.0796. The summed E-state index contributed by atoms with van der Waals surface area (Å²) in [6, 6.07) is 24.5. The number of benzene rings is 3. The number of para-hydroxylation sites is 1. The molecule has 0 saturated heterocycles. The van der Waals surface area contributed by atoms with E-state index in [2.05, 4.69) is 5.32 Å². The molecule has 0 aliphatic rings. The zero-order chi connectivity index (χ0) is 17.5. The number of ether oxygens (including phenoxy) is 1. The number of aryl methyl sites for hydroxylation is 1. The van der Waals surface area contributed by atoms with Crippen LogP contribution >= 0.6 is 11.6 Å². The predicted octanol–water partition coefficient (Wildman–Crippen LogP) is 5.70. The van der Waals surface area contributed by atoms with Crippen molar-refractivity contribution in [1.29, 1.82) is 0 Å². The minimum atomic E-state index is -0.0796. The number of hydrogen-bond acceptors (Lipinski definition) is 2. The van der Waals surface area contributed by atoms with Gasteiger partial charge in [0.25, 0.3) is 0 Å². The molecule has 0 radical (unpaired) electrons. The monoisotopic (exact) mass is 351 g/mol. The maximum Gasteiger partial charge on any atom is 0.224 e. The summed E-state index contributed by atoms with van der Waals surface area (Å²) in [6.07, 6.45) is 1.07. The molecule has 3 aromatic rings. The van der Waals surface area contributed by atoms with Crippen molar-refractivity contribution in [3.8, 4) is 11.5 Å². The Hall–Kier alpha value is -2.78. The third-order valence-corrected chi connectivity index (χ3v) is 3.91. The molecule has 0 saturated carbocycles. The van der Waals surface area contributed by atoms with E-state index in [-0.39, 0.29) is 5.91 Å². The molecule has 3 rings (SSSR count). The van der Waals surface area contributed by atoms with E-state index in [1.54, 1.807) is 18.2 Å². The van der Waals surface area contributed by atoms with Crippen LogP contribution in [0.2, 0.25) is 5.02 Å². The average Bonchev–Trinajstić information content (AvgIpc) is 2.64. The van der Waals surface area contributed by atoms with Crippen LogP contribution in [0.5, 0.6) is 11.5 Å². The van der Waals surface area contributed by atoms with Gasteiger partial charge >= 0.3 is 0 Å². The van der Waals surface area contributed by atoms with Crippen LogP contribution in [-0.2, 0) is 11.2 Å². The van der Waals surface area contributed by atoms with Gasteiger partial charge in [-0.2, -0.15) is 0 Å². The van der Waals surface area contributed by atoms with Crippen LogP contribution in [0.4, 0.5) is 5.69 Å². The van der Waals surface area contributed by atoms with Crippen molar-refractivity contribution >= 4 is 23.2 Å². The Morgan fingerprint density at radius 3 is 2.32 bits per heavy atom. The second-order valence-corrected chi connectivity index (χ2v) is 6.03. The Morgan fingerprint density at radius 1 is 0.920 bits per heavy atom. The maximum absolute atomic E-state index is 12.3. The van der Waals surface area contributed by atoms with Gasteiger partial charge in [0.2, 0.25) is 5.91 Å². The van der Waals surface area contributed by atoms with Crippen molar-refractivity contribution < 1.29 is 9.53 Å². The van der Waals surface area contributed by atoms with E-state index in [9.17, 15) is 4.79 Å².